The first kappa shape index (κ1) is 17.4. The molecule has 1 heterocycles. The second kappa shape index (κ2) is 7.38. The molecule has 0 fully saturated rings. The fourth-order valence-corrected chi connectivity index (χ4v) is 1.76. The maximum Gasteiger partial charge on any atom is 0.337 e. The van der Waals surface area contributed by atoms with Gasteiger partial charge >= 0.3 is 29.0 Å². The van der Waals surface area contributed by atoms with Crippen molar-refractivity contribution in [2.24, 2.45) is 0 Å². The molecule has 22 heavy (non-hydrogen) atoms. The predicted octanol–water partition coefficient (Wildman–Crippen LogP) is -2.07. The summed E-state index contributed by atoms with van der Waals surface area (Å²) in [5, 5.41) is 0. The zero-order valence-electron chi connectivity index (χ0n) is 12.5. The van der Waals surface area contributed by atoms with Gasteiger partial charge in [0.2, 0.25) is 0 Å². The van der Waals surface area contributed by atoms with Crippen LogP contribution in [-0.4, -0.2) is 39.9 Å². The third-order valence-electron chi connectivity index (χ3n) is 2.86. The summed E-state index contributed by atoms with van der Waals surface area (Å²) in [5.74, 6) is -1.66. The summed E-state index contributed by atoms with van der Waals surface area (Å²) in [6, 6.07) is 0. The molecule has 0 saturated heterocycles. The Morgan fingerprint density at radius 1 is 0.818 bits per heavy atom. The Morgan fingerprint density at radius 3 is 1.50 bits per heavy atom. The third kappa shape index (κ3) is 3.51. The van der Waals surface area contributed by atoms with Gasteiger partial charge in [-0.3, -0.25) is 9.59 Å². The first-order valence-corrected chi connectivity index (χ1v) is 6.45. The van der Waals surface area contributed by atoms with E-state index in [1.807, 2.05) is 0 Å². The number of carbonyl (C=O) groups is 2. The largest absolute Gasteiger partial charge is 0.468 e. The van der Waals surface area contributed by atoms with Crippen LogP contribution in [0.15, 0.2) is 14.4 Å². The number of carbonyl (C=O) groups excluding carboxylic acids is 2. The van der Waals surface area contributed by atoms with Gasteiger partial charge in [0, 0.05) is 6.54 Å². The van der Waals surface area contributed by atoms with Crippen molar-refractivity contribution in [3.8, 4) is 0 Å². The van der Waals surface area contributed by atoms with Crippen LogP contribution >= 0.6 is 0 Å². The molecule has 1 aromatic rings. The molecule has 0 radical (unpaired) electrons. The fourth-order valence-electron chi connectivity index (χ4n) is 1.76. The standard InChI is InChI=1S/C12H17N3O7/c1-4-5-13-10(18)14(6-8(16)21-2)12(20)15(11(13)19)7-9(17)22-3/h4-7H2,1-3H3. The molecule has 0 atom stereocenters. The van der Waals surface area contributed by atoms with Gasteiger partial charge in [-0.2, -0.15) is 0 Å². The van der Waals surface area contributed by atoms with E-state index in [4.69, 9.17) is 0 Å². The van der Waals surface area contributed by atoms with Crippen molar-refractivity contribution in [3.63, 3.8) is 0 Å². The van der Waals surface area contributed by atoms with Gasteiger partial charge in [-0.25, -0.2) is 28.1 Å². The van der Waals surface area contributed by atoms with Crippen LogP contribution in [0.2, 0.25) is 0 Å². The van der Waals surface area contributed by atoms with Crippen molar-refractivity contribution in [2.75, 3.05) is 14.2 Å². The maximum absolute atomic E-state index is 12.2. The number of ether oxygens (including phenoxy) is 2. The molecule has 10 nitrogen and oxygen atoms in total. The number of methoxy groups -OCH3 is 2. The summed E-state index contributed by atoms with van der Waals surface area (Å²) in [6.45, 7) is 0.464. The zero-order chi connectivity index (χ0) is 16.9. The lowest BCUT2D eigenvalue weighted by Crippen LogP contribution is -2.55. The lowest BCUT2D eigenvalue weighted by atomic mass is 10.5. The lowest BCUT2D eigenvalue weighted by molar-refractivity contribution is -0.141. The minimum absolute atomic E-state index is 0.0420. The molecule has 0 aliphatic rings. The van der Waals surface area contributed by atoms with Gasteiger partial charge in [-0.05, 0) is 6.42 Å². The molecule has 10 heteroatoms. The van der Waals surface area contributed by atoms with Gasteiger partial charge < -0.3 is 9.47 Å². The predicted molar refractivity (Wildman–Crippen MR) is 73.5 cm³/mol. The van der Waals surface area contributed by atoms with E-state index >= 15 is 0 Å². The van der Waals surface area contributed by atoms with E-state index in [0.29, 0.717) is 15.6 Å². The van der Waals surface area contributed by atoms with Gasteiger partial charge in [-0.1, -0.05) is 6.92 Å². The van der Waals surface area contributed by atoms with E-state index in [1.54, 1.807) is 6.92 Å². The van der Waals surface area contributed by atoms with Crippen LogP contribution in [0.5, 0.6) is 0 Å². The van der Waals surface area contributed by atoms with Crippen molar-refractivity contribution in [3.05, 3.63) is 31.5 Å². The van der Waals surface area contributed by atoms with Gasteiger partial charge in [0.25, 0.3) is 0 Å². The second-order valence-corrected chi connectivity index (χ2v) is 4.32. The quantitative estimate of drug-likeness (QED) is 0.553. The fraction of sp³-hybridized carbons (Fsp3) is 0.583. The zero-order valence-corrected chi connectivity index (χ0v) is 12.5. The van der Waals surface area contributed by atoms with Gasteiger partial charge in [0.05, 0.1) is 14.2 Å². The number of nitrogens with zero attached hydrogens (tertiary/aromatic N) is 3. The highest BCUT2D eigenvalue weighted by Gasteiger charge is 2.19. The number of hydrogen-bond acceptors (Lipinski definition) is 7. The molecule has 1 rings (SSSR count). The Morgan fingerprint density at radius 2 is 1.18 bits per heavy atom. The Labute approximate surface area is 124 Å². The van der Waals surface area contributed by atoms with Crippen molar-refractivity contribution in [1.29, 1.82) is 0 Å². The molecular weight excluding hydrogens is 298 g/mol. The first-order chi connectivity index (χ1) is 10.4. The highest BCUT2D eigenvalue weighted by atomic mass is 16.5. The topological polar surface area (TPSA) is 119 Å². The summed E-state index contributed by atoms with van der Waals surface area (Å²) in [4.78, 5) is 59.1. The van der Waals surface area contributed by atoms with E-state index in [0.717, 1.165) is 18.8 Å². The van der Waals surface area contributed by atoms with Crippen LogP contribution in [0.25, 0.3) is 0 Å². The minimum atomic E-state index is -1.07. The van der Waals surface area contributed by atoms with Crippen molar-refractivity contribution in [1.82, 2.24) is 13.7 Å². The van der Waals surface area contributed by atoms with Crippen molar-refractivity contribution >= 4 is 11.9 Å². The molecule has 0 bridgehead atoms. The number of esters is 2. The van der Waals surface area contributed by atoms with Gasteiger partial charge in [0.15, 0.2) is 0 Å². The minimum Gasteiger partial charge on any atom is -0.468 e. The summed E-state index contributed by atoms with van der Waals surface area (Å²) in [7, 11) is 2.20. The highest BCUT2D eigenvalue weighted by Crippen LogP contribution is 1.84. The van der Waals surface area contributed by atoms with E-state index in [-0.39, 0.29) is 6.54 Å². The molecule has 0 aliphatic carbocycles. The smallest absolute Gasteiger partial charge is 0.337 e. The van der Waals surface area contributed by atoms with Gasteiger partial charge in [-0.15, -0.1) is 0 Å². The van der Waals surface area contributed by atoms with E-state index < -0.39 is 42.1 Å². The molecule has 1 aromatic heterocycles. The van der Waals surface area contributed by atoms with Crippen molar-refractivity contribution < 1.29 is 19.1 Å². The average Bonchev–Trinajstić information content (AvgIpc) is 2.51. The van der Waals surface area contributed by atoms with Crippen LogP contribution in [-0.2, 0) is 38.7 Å². The normalized spacial score (nSPS) is 10.3. The Kier molecular flexibility index (Phi) is 5.84. The Balaban J connectivity index is 3.59. The van der Waals surface area contributed by atoms with Crippen molar-refractivity contribution in [2.45, 2.75) is 33.0 Å². The second-order valence-electron chi connectivity index (χ2n) is 4.32. The summed E-state index contributed by atoms with van der Waals surface area (Å²) < 4.78 is 10.7. The van der Waals surface area contributed by atoms with Crippen LogP contribution in [0.1, 0.15) is 13.3 Å². The summed E-state index contributed by atoms with van der Waals surface area (Å²) in [6.07, 6.45) is 0.448. The molecule has 0 saturated carbocycles. The van der Waals surface area contributed by atoms with Crippen LogP contribution < -0.4 is 17.1 Å². The van der Waals surface area contributed by atoms with E-state index in [1.165, 1.54) is 0 Å². The van der Waals surface area contributed by atoms with E-state index in [9.17, 15) is 24.0 Å². The van der Waals surface area contributed by atoms with E-state index in [2.05, 4.69) is 9.47 Å². The SMILES string of the molecule is CCCn1c(=O)n(CC(=O)OC)c(=O)n(CC(=O)OC)c1=O. The molecule has 0 N–H and O–H groups in total. The monoisotopic (exact) mass is 315 g/mol. The third-order valence-corrected chi connectivity index (χ3v) is 2.86. The Hall–Kier alpha value is -2.65. The first-order valence-electron chi connectivity index (χ1n) is 6.45. The van der Waals surface area contributed by atoms with Crippen LogP contribution in [0.3, 0.4) is 0 Å². The Bertz CT molecular complexity index is 684. The molecule has 0 amide bonds. The molecule has 0 unspecified atom stereocenters. The molecule has 0 spiro atoms. The molecular formula is C12H17N3O7. The summed E-state index contributed by atoms with van der Waals surface area (Å²) in [5.41, 5.74) is -2.93. The van der Waals surface area contributed by atoms with Crippen LogP contribution in [0, 0.1) is 0 Å². The average molecular weight is 315 g/mol. The number of hydrogen-bond donors (Lipinski definition) is 0. The number of rotatable bonds is 6. The lowest BCUT2D eigenvalue weighted by Gasteiger charge is -2.12. The highest BCUT2D eigenvalue weighted by molar-refractivity contribution is 5.69. The summed E-state index contributed by atoms with van der Waals surface area (Å²) >= 11 is 0. The number of aromatic nitrogens is 3. The molecule has 122 valence electrons. The maximum atomic E-state index is 12.2. The molecule has 0 aliphatic heterocycles. The van der Waals surface area contributed by atoms with Gasteiger partial charge in [0.1, 0.15) is 13.1 Å². The molecule has 0 aromatic carbocycles. The van der Waals surface area contributed by atoms with Crippen LogP contribution in [0.4, 0.5) is 0 Å².